The fraction of sp³-hybridized carbons (Fsp3) is 0.182. The van der Waals surface area contributed by atoms with Crippen molar-refractivity contribution >= 4 is 50.3 Å². The van der Waals surface area contributed by atoms with Gasteiger partial charge in [0.2, 0.25) is 0 Å². The smallest absolute Gasteiger partial charge is 0.151 e. The molecule has 1 aromatic carbocycles. The van der Waals surface area contributed by atoms with E-state index in [1.165, 1.54) is 15.0 Å². The van der Waals surface area contributed by atoms with Crippen molar-refractivity contribution in [2.45, 2.75) is 13.3 Å². The van der Waals surface area contributed by atoms with Crippen molar-refractivity contribution in [2.24, 2.45) is 0 Å². The van der Waals surface area contributed by atoms with Gasteiger partial charge in [0.1, 0.15) is 0 Å². The lowest BCUT2D eigenvalue weighted by molar-refractivity contribution is 0.112. The zero-order valence-corrected chi connectivity index (χ0v) is 10.7. The summed E-state index contributed by atoms with van der Waals surface area (Å²) in [6.07, 6.45) is 1.98. The summed E-state index contributed by atoms with van der Waals surface area (Å²) in [5, 5.41) is 1.19. The zero-order chi connectivity index (χ0) is 10.1. The number of carbonyl (C=O) groups excluding carboxylic acids is 1. The molecular formula is C11H9IOS. The number of thiophene rings is 1. The largest absolute Gasteiger partial charge is 0.298 e. The lowest BCUT2D eigenvalue weighted by Gasteiger charge is -1.95. The van der Waals surface area contributed by atoms with E-state index in [1.54, 1.807) is 0 Å². The first-order chi connectivity index (χ1) is 6.74. The Morgan fingerprint density at radius 3 is 2.86 bits per heavy atom. The van der Waals surface area contributed by atoms with Gasteiger partial charge in [0.05, 0.1) is 0 Å². The Bertz CT molecular complexity index is 487. The Kier molecular flexibility index (Phi) is 2.88. The lowest BCUT2D eigenvalue weighted by Crippen LogP contribution is -1.83. The van der Waals surface area contributed by atoms with Crippen LogP contribution in [0.15, 0.2) is 18.2 Å². The van der Waals surface area contributed by atoms with Crippen LogP contribution in [0.1, 0.15) is 22.2 Å². The molecule has 0 bridgehead atoms. The standard InChI is InChI=1S/C11H9IOS/c1-2-9-4-7-3-8(6-13)10(12)5-11(7)14-9/h3-6H,2H2,1H3. The quantitative estimate of drug-likeness (QED) is 0.607. The van der Waals surface area contributed by atoms with E-state index in [4.69, 9.17) is 0 Å². The summed E-state index contributed by atoms with van der Waals surface area (Å²) in [6, 6.07) is 6.23. The van der Waals surface area contributed by atoms with E-state index in [0.29, 0.717) is 0 Å². The molecule has 0 atom stereocenters. The highest BCUT2D eigenvalue weighted by atomic mass is 127. The number of aryl methyl sites for hydroxylation is 1. The minimum Gasteiger partial charge on any atom is -0.298 e. The van der Waals surface area contributed by atoms with Gasteiger partial charge in [-0.1, -0.05) is 6.92 Å². The molecule has 0 unspecified atom stereocenters. The van der Waals surface area contributed by atoms with Crippen LogP contribution in [0.5, 0.6) is 0 Å². The number of fused-ring (bicyclic) bond motifs is 1. The normalized spacial score (nSPS) is 10.7. The molecule has 1 aromatic heterocycles. The van der Waals surface area contributed by atoms with Crippen LogP contribution >= 0.6 is 33.9 Å². The first-order valence-electron chi connectivity index (χ1n) is 4.41. The SMILES string of the molecule is CCc1cc2cc(C=O)c(I)cc2s1. The molecule has 2 rings (SSSR count). The molecule has 0 spiro atoms. The van der Waals surface area contributed by atoms with E-state index in [9.17, 15) is 4.79 Å². The van der Waals surface area contributed by atoms with Crippen molar-refractivity contribution in [1.82, 2.24) is 0 Å². The molecule has 72 valence electrons. The molecule has 0 aliphatic heterocycles. The van der Waals surface area contributed by atoms with E-state index < -0.39 is 0 Å². The van der Waals surface area contributed by atoms with Gasteiger partial charge in [-0.25, -0.2) is 0 Å². The van der Waals surface area contributed by atoms with Crippen LogP contribution in [-0.4, -0.2) is 6.29 Å². The van der Waals surface area contributed by atoms with Gasteiger partial charge in [0, 0.05) is 18.7 Å². The highest BCUT2D eigenvalue weighted by Crippen LogP contribution is 2.29. The predicted octanol–water partition coefficient (Wildman–Crippen LogP) is 3.88. The molecular weight excluding hydrogens is 307 g/mol. The Morgan fingerprint density at radius 2 is 2.21 bits per heavy atom. The number of benzene rings is 1. The average molecular weight is 316 g/mol. The molecule has 0 aliphatic carbocycles. The van der Waals surface area contributed by atoms with E-state index in [0.717, 1.165) is 21.8 Å². The van der Waals surface area contributed by atoms with Gasteiger partial charge in [-0.3, -0.25) is 4.79 Å². The number of halogens is 1. The Morgan fingerprint density at radius 1 is 1.43 bits per heavy atom. The highest BCUT2D eigenvalue weighted by molar-refractivity contribution is 14.1. The predicted molar refractivity (Wildman–Crippen MR) is 69.3 cm³/mol. The molecule has 14 heavy (non-hydrogen) atoms. The molecule has 1 nitrogen and oxygen atoms in total. The van der Waals surface area contributed by atoms with Gasteiger partial charge in [-0.15, -0.1) is 11.3 Å². The van der Waals surface area contributed by atoms with Crippen LogP contribution in [0.2, 0.25) is 0 Å². The number of carbonyl (C=O) groups is 1. The summed E-state index contributed by atoms with van der Waals surface area (Å²) < 4.78 is 2.31. The highest BCUT2D eigenvalue weighted by Gasteiger charge is 2.04. The van der Waals surface area contributed by atoms with Gasteiger partial charge < -0.3 is 0 Å². The molecule has 0 saturated carbocycles. The first-order valence-corrected chi connectivity index (χ1v) is 6.31. The Labute approximate surface area is 100 Å². The third-order valence-corrected chi connectivity index (χ3v) is 4.34. The minimum absolute atomic E-state index is 0.790. The van der Waals surface area contributed by atoms with Gasteiger partial charge in [0.25, 0.3) is 0 Å². The van der Waals surface area contributed by atoms with Crippen LogP contribution in [0, 0.1) is 3.57 Å². The summed E-state index contributed by atoms with van der Waals surface area (Å²) in [6.45, 7) is 2.15. The second kappa shape index (κ2) is 3.98. The fourth-order valence-electron chi connectivity index (χ4n) is 1.40. The maximum absolute atomic E-state index is 10.7. The van der Waals surface area contributed by atoms with E-state index in [-0.39, 0.29) is 0 Å². The third-order valence-electron chi connectivity index (χ3n) is 2.16. The number of rotatable bonds is 2. The first kappa shape index (κ1) is 10.1. The van der Waals surface area contributed by atoms with Crippen molar-refractivity contribution in [2.75, 3.05) is 0 Å². The molecule has 0 aliphatic rings. The second-order valence-electron chi connectivity index (χ2n) is 3.10. The van der Waals surface area contributed by atoms with E-state index >= 15 is 0 Å². The Balaban J connectivity index is 2.69. The molecule has 1 heterocycles. The van der Waals surface area contributed by atoms with Gasteiger partial charge in [-0.2, -0.15) is 0 Å². The van der Waals surface area contributed by atoms with Crippen LogP contribution in [0.4, 0.5) is 0 Å². The van der Waals surface area contributed by atoms with Crippen molar-refractivity contribution in [3.05, 3.63) is 32.2 Å². The van der Waals surface area contributed by atoms with E-state index in [1.807, 2.05) is 17.4 Å². The van der Waals surface area contributed by atoms with Crippen molar-refractivity contribution in [3.8, 4) is 0 Å². The molecule has 0 fully saturated rings. The minimum atomic E-state index is 0.790. The maximum atomic E-state index is 10.7. The number of hydrogen-bond acceptors (Lipinski definition) is 2. The monoisotopic (exact) mass is 316 g/mol. The third kappa shape index (κ3) is 1.70. The van der Waals surface area contributed by atoms with Crippen LogP contribution < -0.4 is 0 Å². The van der Waals surface area contributed by atoms with E-state index in [2.05, 4.69) is 41.6 Å². The van der Waals surface area contributed by atoms with Crippen LogP contribution in [-0.2, 0) is 6.42 Å². The van der Waals surface area contributed by atoms with Gasteiger partial charge >= 0.3 is 0 Å². The summed E-state index contributed by atoms with van der Waals surface area (Å²) in [5.74, 6) is 0. The summed E-state index contributed by atoms with van der Waals surface area (Å²) in [4.78, 5) is 12.1. The average Bonchev–Trinajstić information content (AvgIpc) is 2.58. The van der Waals surface area contributed by atoms with Gasteiger partial charge in [-0.05, 0) is 52.6 Å². The molecule has 0 amide bonds. The summed E-state index contributed by atoms with van der Waals surface area (Å²) in [7, 11) is 0. The Hall–Kier alpha value is -0.420. The van der Waals surface area contributed by atoms with Gasteiger partial charge in [0.15, 0.2) is 6.29 Å². The van der Waals surface area contributed by atoms with Crippen molar-refractivity contribution in [3.63, 3.8) is 0 Å². The van der Waals surface area contributed by atoms with Crippen LogP contribution in [0.25, 0.3) is 10.1 Å². The lowest BCUT2D eigenvalue weighted by atomic mass is 10.2. The number of aldehydes is 1. The second-order valence-corrected chi connectivity index (χ2v) is 5.43. The summed E-state index contributed by atoms with van der Waals surface area (Å²) >= 11 is 4.02. The van der Waals surface area contributed by atoms with Crippen molar-refractivity contribution < 1.29 is 4.79 Å². The molecule has 0 saturated heterocycles. The summed E-state index contributed by atoms with van der Waals surface area (Å²) in [5.41, 5.74) is 0.790. The molecule has 3 heteroatoms. The zero-order valence-electron chi connectivity index (χ0n) is 7.71. The molecule has 0 N–H and O–H groups in total. The van der Waals surface area contributed by atoms with Crippen LogP contribution in [0.3, 0.4) is 0 Å². The fourth-order valence-corrected chi connectivity index (χ4v) is 3.23. The van der Waals surface area contributed by atoms with Crippen molar-refractivity contribution in [1.29, 1.82) is 0 Å². The maximum Gasteiger partial charge on any atom is 0.151 e. The number of hydrogen-bond donors (Lipinski definition) is 0. The topological polar surface area (TPSA) is 17.1 Å². The molecule has 2 aromatic rings. The molecule has 0 radical (unpaired) electrons.